The zero-order chi connectivity index (χ0) is 15.0. The highest BCUT2D eigenvalue weighted by Crippen LogP contribution is 2.12. The summed E-state index contributed by atoms with van der Waals surface area (Å²) >= 11 is 0. The first-order valence-corrected chi connectivity index (χ1v) is 6.52. The van der Waals surface area contributed by atoms with Crippen molar-refractivity contribution in [1.82, 2.24) is 0 Å². The first-order chi connectivity index (χ1) is 7.47. The van der Waals surface area contributed by atoms with E-state index in [1.54, 1.807) is 0 Å². The monoisotopic (exact) mass is 318 g/mol. The molecule has 0 radical (unpaired) electrons. The van der Waals surface area contributed by atoms with E-state index in [-0.39, 0.29) is 0 Å². The topological polar surface area (TPSA) is 219 Å². The number of aliphatic carboxylic acids is 1. The SMILES string of the molecule is C=CC(=O)O.OP(O)O.OP(O)O.OP(O)O. The Bertz CT molecular complexity index is 138. The van der Waals surface area contributed by atoms with Crippen LogP contribution >= 0.6 is 25.8 Å². The summed E-state index contributed by atoms with van der Waals surface area (Å²) in [7, 11) is -7.86. The zero-order valence-electron chi connectivity index (χ0n) is 8.01. The van der Waals surface area contributed by atoms with Crippen LogP contribution in [-0.2, 0) is 4.79 Å². The van der Waals surface area contributed by atoms with Crippen LogP contribution in [-0.4, -0.2) is 55.1 Å². The molecule has 0 aromatic heterocycles. The lowest BCUT2D eigenvalue weighted by Gasteiger charge is -1.76. The van der Waals surface area contributed by atoms with Crippen molar-refractivity contribution in [3.8, 4) is 0 Å². The molecule has 0 aliphatic carbocycles. The lowest BCUT2D eigenvalue weighted by molar-refractivity contribution is -0.131. The van der Waals surface area contributed by atoms with E-state index in [9.17, 15) is 4.79 Å². The van der Waals surface area contributed by atoms with Crippen molar-refractivity contribution >= 4 is 31.8 Å². The fourth-order valence-corrected chi connectivity index (χ4v) is 0. The van der Waals surface area contributed by atoms with E-state index in [1.165, 1.54) is 0 Å². The Morgan fingerprint density at radius 3 is 0.824 bits per heavy atom. The Labute approximate surface area is 99.2 Å². The maximum Gasteiger partial charge on any atom is 0.327 e. The Morgan fingerprint density at radius 2 is 0.824 bits per heavy atom. The van der Waals surface area contributed by atoms with Gasteiger partial charge in [0.15, 0.2) is 0 Å². The number of carboxylic acids is 1. The van der Waals surface area contributed by atoms with Crippen molar-refractivity contribution in [2.75, 3.05) is 0 Å². The molecular weight excluding hydrogens is 305 g/mol. The lowest BCUT2D eigenvalue weighted by Crippen LogP contribution is -1.82. The average molecular weight is 318 g/mol. The van der Waals surface area contributed by atoms with Gasteiger partial charge in [0.05, 0.1) is 0 Å². The number of carboxylic acid groups (broad SMARTS) is 1. The van der Waals surface area contributed by atoms with Gasteiger partial charge in [0.1, 0.15) is 0 Å². The smallest absolute Gasteiger partial charge is 0.327 e. The van der Waals surface area contributed by atoms with Crippen LogP contribution in [0.15, 0.2) is 12.7 Å². The summed E-state index contributed by atoms with van der Waals surface area (Å²) in [6.45, 7) is 2.96. The molecular formula is C3H13O11P3. The van der Waals surface area contributed by atoms with Crippen LogP contribution in [0.1, 0.15) is 0 Å². The van der Waals surface area contributed by atoms with Crippen LogP contribution in [0.2, 0.25) is 0 Å². The summed E-state index contributed by atoms with van der Waals surface area (Å²) in [5, 5.41) is 7.60. The number of carbonyl (C=O) groups is 1. The molecule has 0 rings (SSSR count). The van der Waals surface area contributed by atoms with Crippen LogP contribution in [0.5, 0.6) is 0 Å². The van der Waals surface area contributed by atoms with Gasteiger partial charge in [-0.05, 0) is 0 Å². The van der Waals surface area contributed by atoms with E-state index in [2.05, 4.69) is 6.58 Å². The minimum absolute atomic E-state index is 0.833. The maximum atomic E-state index is 9.25. The molecule has 11 nitrogen and oxygen atoms in total. The van der Waals surface area contributed by atoms with Gasteiger partial charge in [-0.25, -0.2) is 4.79 Å². The second-order valence-corrected chi connectivity index (χ2v) is 2.96. The molecule has 0 aliphatic rings. The molecule has 17 heavy (non-hydrogen) atoms. The van der Waals surface area contributed by atoms with Crippen LogP contribution < -0.4 is 0 Å². The predicted molar refractivity (Wildman–Crippen MR) is 58.6 cm³/mol. The van der Waals surface area contributed by atoms with Crippen LogP contribution in [0.3, 0.4) is 0 Å². The molecule has 0 saturated heterocycles. The zero-order valence-corrected chi connectivity index (χ0v) is 10.7. The summed E-state index contributed by atoms with van der Waals surface area (Å²) in [6.07, 6.45) is 0.833. The maximum absolute atomic E-state index is 9.25. The number of rotatable bonds is 1. The third-order valence-corrected chi connectivity index (χ3v) is 0.175. The summed E-state index contributed by atoms with van der Waals surface area (Å²) in [4.78, 5) is 74.3. The Balaban J connectivity index is -0.0000000667. The molecule has 0 fully saturated rings. The van der Waals surface area contributed by atoms with Gasteiger partial charge in [0.2, 0.25) is 0 Å². The standard InChI is InChI=1S/C3H4O2.3H3O3P/c1-2-3(4)5;3*1-4(2)3/h2H,1H2,(H,4,5);3*1-3H. The minimum atomic E-state index is -2.62. The Kier molecular flexibility index (Phi) is 32.6. The van der Waals surface area contributed by atoms with Gasteiger partial charge in [-0.1, -0.05) is 6.58 Å². The highest BCUT2D eigenvalue weighted by molar-refractivity contribution is 7.38. The fourth-order valence-electron chi connectivity index (χ4n) is 0. The first-order valence-electron chi connectivity index (χ1n) is 2.92. The van der Waals surface area contributed by atoms with Gasteiger partial charge >= 0.3 is 31.8 Å². The van der Waals surface area contributed by atoms with E-state index in [0.29, 0.717) is 0 Å². The quantitative estimate of drug-likeness (QED) is 0.185. The van der Waals surface area contributed by atoms with E-state index < -0.39 is 31.8 Å². The van der Waals surface area contributed by atoms with Gasteiger partial charge in [0, 0.05) is 6.08 Å². The highest BCUT2D eigenvalue weighted by Gasteiger charge is 1.77. The predicted octanol–water partition coefficient (Wildman–Crippen LogP) is -2.17. The molecule has 14 heteroatoms. The molecule has 106 valence electrons. The molecule has 0 bridgehead atoms. The normalized spacial score (nSPS) is 8.24. The lowest BCUT2D eigenvalue weighted by atomic mass is 10.7. The third kappa shape index (κ3) is 705. The summed E-state index contributed by atoms with van der Waals surface area (Å²) in [6, 6.07) is 0. The number of hydrogen-bond acceptors (Lipinski definition) is 10. The molecule has 0 aliphatic heterocycles. The minimum Gasteiger partial charge on any atom is -0.478 e. The Hall–Kier alpha value is 0.140. The van der Waals surface area contributed by atoms with E-state index in [4.69, 9.17) is 49.1 Å². The average Bonchev–Trinajstić information content (AvgIpc) is 2.00. The van der Waals surface area contributed by atoms with Crippen molar-refractivity contribution in [1.29, 1.82) is 0 Å². The summed E-state index contributed by atoms with van der Waals surface area (Å²) in [5.74, 6) is -0.981. The molecule has 0 aromatic rings. The van der Waals surface area contributed by atoms with Crippen LogP contribution in [0.25, 0.3) is 0 Å². The van der Waals surface area contributed by atoms with Gasteiger partial charge in [-0.2, -0.15) is 0 Å². The molecule has 0 unspecified atom stereocenters. The fraction of sp³-hybridized carbons (Fsp3) is 0. The van der Waals surface area contributed by atoms with E-state index in [0.717, 1.165) is 6.08 Å². The van der Waals surface area contributed by atoms with Crippen molar-refractivity contribution in [2.24, 2.45) is 0 Å². The third-order valence-electron chi connectivity index (χ3n) is 0.175. The van der Waals surface area contributed by atoms with Gasteiger partial charge in [0.25, 0.3) is 0 Å². The Morgan fingerprint density at radius 1 is 0.765 bits per heavy atom. The summed E-state index contributed by atoms with van der Waals surface area (Å²) < 4.78 is 0. The van der Waals surface area contributed by atoms with Crippen molar-refractivity contribution < 1.29 is 53.9 Å². The molecule has 0 saturated carbocycles. The highest BCUT2D eigenvalue weighted by atomic mass is 31.2. The number of hydrogen-bond donors (Lipinski definition) is 10. The molecule has 0 heterocycles. The van der Waals surface area contributed by atoms with E-state index in [1.807, 2.05) is 0 Å². The molecule has 10 N–H and O–H groups in total. The van der Waals surface area contributed by atoms with Crippen LogP contribution in [0.4, 0.5) is 0 Å². The van der Waals surface area contributed by atoms with Crippen molar-refractivity contribution in [2.45, 2.75) is 0 Å². The second kappa shape index (κ2) is 21.4. The largest absolute Gasteiger partial charge is 0.478 e. The van der Waals surface area contributed by atoms with Crippen LogP contribution in [0, 0.1) is 0 Å². The second-order valence-electron chi connectivity index (χ2n) is 1.35. The van der Waals surface area contributed by atoms with Gasteiger partial charge in [-0.3, -0.25) is 0 Å². The molecule has 0 amide bonds. The van der Waals surface area contributed by atoms with Crippen molar-refractivity contribution in [3.63, 3.8) is 0 Å². The van der Waals surface area contributed by atoms with E-state index >= 15 is 0 Å². The van der Waals surface area contributed by atoms with Gasteiger partial charge < -0.3 is 49.1 Å². The summed E-state index contributed by atoms with van der Waals surface area (Å²) in [5.41, 5.74) is 0. The first kappa shape index (κ1) is 25.9. The molecule has 0 aromatic carbocycles. The molecule has 0 spiro atoms. The van der Waals surface area contributed by atoms with Crippen molar-refractivity contribution in [3.05, 3.63) is 12.7 Å². The molecule has 0 atom stereocenters. The van der Waals surface area contributed by atoms with Gasteiger partial charge in [-0.15, -0.1) is 0 Å².